The topological polar surface area (TPSA) is 83.8 Å². The van der Waals surface area contributed by atoms with Gasteiger partial charge < -0.3 is 14.9 Å². The summed E-state index contributed by atoms with van der Waals surface area (Å²) in [7, 11) is 0. The molecule has 1 aromatic rings. The van der Waals surface area contributed by atoms with Crippen molar-refractivity contribution in [3.63, 3.8) is 0 Å². The molecule has 1 unspecified atom stereocenters. The maximum Gasteiger partial charge on any atom is 0.313 e. The van der Waals surface area contributed by atoms with Gasteiger partial charge in [0.1, 0.15) is 23.6 Å². The molecule has 0 radical (unpaired) electrons. The van der Waals surface area contributed by atoms with Gasteiger partial charge in [0.25, 0.3) is 0 Å². The molecule has 0 spiro atoms. The van der Waals surface area contributed by atoms with Crippen LogP contribution in [-0.2, 0) is 27.4 Å². The molecule has 2 fully saturated rings. The monoisotopic (exact) mass is 332 g/mol. The van der Waals surface area contributed by atoms with Crippen molar-refractivity contribution >= 4 is 11.8 Å². The fourth-order valence-electron chi connectivity index (χ4n) is 4.16. The van der Waals surface area contributed by atoms with Crippen molar-refractivity contribution in [3.8, 4) is 5.75 Å². The Morgan fingerprint density at radius 2 is 1.96 bits per heavy atom. The Balaban J connectivity index is 1.79. The van der Waals surface area contributed by atoms with Gasteiger partial charge in [0.2, 0.25) is 0 Å². The molecular weight excluding hydrogens is 308 g/mol. The van der Waals surface area contributed by atoms with Gasteiger partial charge >= 0.3 is 5.97 Å². The molecule has 1 aliphatic heterocycles. The van der Waals surface area contributed by atoms with Crippen molar-refractivity contribution in [2.75, 3.05) is 0 Å². The lowest BCUT2D eigenvalue weighted by Crippen LogP contribution is -2.48. The number of carbonyl (C=O) groups is 2. The summed E-state index contributed by atoms with van der Waals surface area (Å²) in [6, 6.07) is 5.15. The lowest BCUT2D eigenvalue weighted by Gasteiger charge is -2.41. The third-order valence-corrected chi connectivity index (χ3v) is 5.41. The van der Waals surface area contributed by atoms with Gasteiger partial charge in [-0.2, -0.15) is 0 Å². The van der Waals surface area contributed by atoms with Crippen LogP contribution in [0.2, 0.25) is 0 Å². The average Bonchev–Trinajstić information content (AvgIpc) is 3.08. The first-order valence-corrected chi connectivity index (χ1v) is 8.67. The summed E-state index contributed by atoms with van der Waals surface area (Å²) in [5.74, 6) is -0.106. The molecule has 24 heavy (non-hydrogen) atoms. The molecule has 5 nitrogen and oxygen atoms in total. The molecule has 1 aromatic carbocycles. The quantitative estimate of drug-likeness (QED) is 0.640. The summed E-state index contributed by atoms with van der Waals surface area (Å²) in [6.45, 7) is -0.221. The number of rotatable bonds is 5. The molecule has 1 aliphatic carbocycles. The second kappa shape index (κ2) is 6.93. The molecule has 1 saturated carbocycles. The van der Waals surface area contributed by atoms with Crippen LogP contribution >= 0.6 is 0 Å². The van der Waals surface area contributed by atoms with E-state index in [0.29, 0.717) is 24.8 Å². The van der Waals surface area contributed by atoms with Crippen molar-refractivity contribution in [1.82, 2.24) is 0 Å². The molecule has 0 aromatic heterocycles. The highest BCUT2D eigenvalue weighted by Crippen LogP contribution is 2.44. The van der Waals surface area contributed by atoms with Crippen LogP contribution in [0.15, 0.2) is 18.2 Å². The van der Waals surface area contributed by atoms with Gasteiger partial charge in [0.15, 0.2) is 0 Å². The Morgan fingerprint density at radius 1 is 1.21 bits per heavy atom. The summed E-state index contributed by atoms with van der Waals surface area (Å²) in [6.07, 6.45) is 5.68. The van der Waals surface area contributed by atoms with Crippen LogP contribution in [0.5, 0.6) is 5.75 Å². The highest BCUT2D eigenvalue weighted by molar-refractivity contribution is 5.98. The lowest BCUT2D eigenvalue weighted by molar-refractivity contribution is -0.178. The first kappa shape index (κ1) is 17.0. The van der Waals surface area contributed by atoms with Crippen LogP contribution in [-0.4, -0.2) is 27.6 Å². The van der Waals surface area contributed by atoms with Crippen molar-refractivity contribution in [1.29, 1.82) is 0 Å². The van der Waals surface area contributed by atoms with Crippen LogP contribution in [0.4, 0.5) is 0 Å². The molecular formula is C19H24O5. The van der Waals surface area contributed by atoms with E-state index in [9.17, 15) is 19.8 Å². The SMILES string of the molecule is O=C1CC(=O)OC(CCc2ccc(O)c(CO)c2)(C2CCCC2)C1. The molecule has 130 valence electrons. The molecule has 5 heteroatoms. The van der Waals surface area contributed by atoms with E-state index in [1.54, 1.807) is 12.1 Å². The summed E-state index contributed by atoms with van der Waals surface area (Å²) >= 11 is 0. The maximum absolute atomic E-state index is 12.0. The van der Waals surface area contributed by atoms with Crippen LogP contribution in [0.1, 0.15) is 56.1 Å². The number of aryl methyl sites for hydroxylation is 1. The number of Topliss-reactive ketones (excluding diaryl/α,β-unsaturated/α-hetero) is 1. The van der Waals surface area contributed by atoms with E-state index in [2.05, 4.69) is 0 Å². The van der Waals surface area contributed by atoms with Gasteiger partial charge in [-0.15, -0.1) is 0 Å². The molecule has 3 rings (SSSR count). The second-order valence-electron chi connectivity index (χ2n) is 7.03. The Hall–Kier alpha value is -1.88. The van der Waals surface area contributed by atoms with Crippen LogP contribution in [0.3, 0.4) is 0 Å². The van der Waals surface area contributed by atoms with E-state index < -0.39 is 11.6 Å². The van der Waals surface area contributed by atoms with Crippen molar-refractivity contribution < 1.29 is 24.5 Å². The first-order valence-electron chi connectivity index (χ1n) is 8.67. The van der Waals surface area contributed by atoms with Crippen molar-refractivity contribution in [2.45, 2.75) is 63.6 Å². The van der Waals surface area contributed by atoms with Crippen LogP contribution in [0.25, 0.3) is 0 Å². The van der Waals surface area contributed by atoms with E-state index in [-0.39, 0.29) is 30.5 Å². The van der Waals surface area contributed by atoms with Gasteiger partial charge in [-0.1, -0.05) is 18.9 Å². The number of benzene rings is 1. The highest BCUT2D eigenvalue weighted by atomic mass is 16.6. The number of aliphatic hydroxyl groups excluding tert-OH is 1. The van der Waals surface area contributed by atoms with Crippen LogP contribution < -0.4 is 0 Å². The minimum atomic E-state index is -0.680. The first-order chi connectivity index (χ1) is 11.5. The van der Waals surface area contributed by atoms with Gasteiger partial charge in [0, 0.05) is 12.0 Å². The molecule has 2 N–H and O–H groups in total. The Labute approximate surface area is 141 Å². The fraction of sp³-hybridized carbons (Fsp3) is 0.579. The van der Waals surface area contributed by atoms with E-state index in [4.69, 9.17) is 4.74 Å². The second-order valence-corrected chi connectivity index (χ2v) is 7.03. The highest BCUT2D eigenvalue weighted by Gasteiger charge is 2.47. The summed E-state index contributed by atoms with van der Waals surface area (Å²) in [5, 5.41) is 18.9. The number of ether oxygens (including phenoxy) is 1. The van der Waals surface area contributed by atoms with Gasteiger partial charge in [-0.05, 0) is 49.3 Å². The summed E-state index contributed by atoms with van der Waals surface area (Å²) in [4.78, 5) is 23.9. The third-order valence-electron chi connectivity index (χ3n) is 5.41. The third kappa shape index (κ3) is 3.46. The number of cyclic esters (lactones) is 1. The van der Waals surface area contributed by atoms with E-state index in [1.807, 2.05) is 6.07 Å². The summed E-state index contributed by atoms with van der Waals surface area (Å²) in [5.41, 5.74) is 0.766. The van der Waals surface area contributed by atoms with Gasteiger partial charge in [-0.3, -0.25) is 9.59 Å². The predicted molar refractivity (Wildman–Crippen MR) is 87.4 cm³/mol. The zero-order chi connectivity index (χ0) is 17.2. The van der Waals surface area contributed by atoms with E-state index in [1.165, 1.54) is 0 Å². The normalized spacial score (nSPS) is 25.0. The smallest absolute Gasteiger partial charge is 0.313 e. The number of ketones is 1. The molecule has 0 amide bonds. The number of esters is 1. The molecule has 2 aliphatic rings. The number of aliphatic hydroxyl groups is 1. The minimum absolute atomic E-state index is 0.0279. The molecule has 0 bridgehead atoms. The van der Waals surface area contributed by atoms with Gasteiger partial charge in [-0.25, -0.2) is 0 Å². The molecule has 1 saturated heterocycles. The number of hydrogen-bond donors (Lipinski definition) is 2. The zero-order valence-electron chi connectivity index (χ0n) is 13.8. The zero-order valence-corrected chi connectivity index (χ0v) is 13.8. The Kier molecular flexibility index (Phi) is 4.90. The number of carbonyl (C=O) groups excluding carboxylic acids is 2. The predicted octanol–water partition coefficient (Wildman–Crippen LogP) is 2.65. The number of phenols is 1. The lowest BCUT2D eigenvalue weighted by atomic mass is 9.76. The summed E-state index contributed by atoms with van der Waals surface area (Å²) < 4.78 is 5.77. The standard InChI is InChI=1S/C19H24O5/c20-12-14-9-13(5-6-17(14)22)7-8-19(15-3-1-2-4-15)11-16(21)10-18(23)24-19/h5-6,9,15,20,22H,1-4,7-8,10-12H2. The number of hydrogen-bond acceptors (Lipinski definition) is 5. The van der Waals surface area contributed by atoms with Crippen LogP contribution in [0, 0.1) is 5.92 Å². The van der Waals surface area contributed by atoms with E-state index >= 15 is 0 Å². The fourth-order valence-corrected chi connectivity index (χ4v) is 4.16. The Morgan fingerprint density at radius 3 is 2.62 bits per heavy atom. The largest absolute Gasteiger partial charge is 0.508 e. The van der Waals surface area contributed by atoms with Gasteiger partial charge in [0.05, 0.1) is 6.61 Å². The minimum Gasteiger partial charge on any atom is -0.508 e. The average molecular weight is 332 g/mol. The van der Waals surface area contributed by atoms with Crippen molar-refractivity contribution in [2.24, 2.45) is 5.92 Å². The molecule has 1 atom stereocenters. The van der Waals surface area contributed by atoms with Crippen molar-refractivity contribution in [3.05, 3.63) is 29.3 Å². The maximum atomic E-state index is 12.0. The number of aromatic hydroxyl groups is 1. The molecule has 1 heterocycles. The Bertz CT molecular complexity index is 615. The van der Waals surface area contributed by atoms with E-state index in [0.717, 1.165) is 31.2 Å².